The van der Waals surface area contributed by atoms with Crippen molar-refractivity contribution >= 4 is 11.9 Å². The maximum atomic E-state index is 12.1. The van der Waals surface area contributed by atoms with Crippen LogP contribution in [-0.2, 0) is 14.3 Å². The number of ether oxygens (including phenoxy) is 1. The molecule has 0 saturated carbocycles. The van der Waals surface area contributed by atoms with Crippen molar-refractivity contribution in [1.29, 1.82) is 0 Å². The minimum atomic E-state index is -0.564. The lowest BCUT2D eigenvalue weighted by Crippen LogP contribution is -2.44. The van der Waals surface area contributed by atoms with E-state index in [2.05, 4.69) is 5.32 Å². The van der Waals surface area contributed by atoms with Crippen molar-refractivity contribution in [3.8, 4) is 0 Å². The summed E-state index contributed by atoms with van der Waals surface area (Å²) >= 11 is 0. The predicted octanol–water partition coefficient (Wildman–Crippen LogP) is 1.78. The van der Waals surface area contributed by atoms with Crippen LogP contribution in [0.1, 0.15) is 38.3 Å². The van der Waals surface area contributed by atoms with Gasteiger partial charge in [0.05, 0.1) is 25.1 Å². The van der Waals surface area contributed by atoms with Crippen LogP contribution in [0.2, 0.25) is 0 Å². The van der Waals surface area contributed by atoms with Crippen LogP contribution < -0.4 is 11.1 Å². The molecule has 0 saturated heterocycles. The summed E-state index contributed by atoms with van der Waals surface area (Å²) in [6, 6.07) is 8.34. The first kappa shape index (κ1) is 17.2. The van der Waals surface area contributed by atoms with Gasteiger partial charge in [0.25, 0.3) is 0 Å². The highest BCUT2D eigenvalue weighted by molar-refractivity contribution is 5.83. The van der Waals surface area contributed by atoms with Crippen LogP contribution in [-0.4, -0.2) is 25.0 Å². The van der Waals surface area contributed by atoms with Crippen molar-refractivity contribution in [2.45, 2.75) is 38.8 Å². The molecule has 1 amide bonds. The lowest BCUT2D eigenvalue weighted by atomic mass is 9.94. The molecule has 3 atom stereocenters. The summed E-state index contributed by atoms with van der Waals surface area (Å²) in [5, 5.41) is 2.87. The Kier molecular flexibility index (Phi) is 6.88. The number of carbonyl (C=O) groups excluding carboxylic acids is 2. The fraction of sp³-hybridized carbons (Fsp3) is 0.500. The number of nitrogens with two attached hydrogens (primary N) is 1. The molecule has 5 heteroatoms. The van der Waals surface area contributed by atoms with E-state index in [-0.39, 0.29) is 11.9 Å². The van der Waals surface area contributed by atoms with Gasteiger partial charge in [-0.25, -0.2) is 0 Å². The van der Waals surface area contributed by atoms with Gasteiger partial charge in [-0.15, -0.1) is 0 Å². The third-order valence-electron chi connectivity index (χ3n) is 3.47. The van der Waals surface area contributed by atoms with Crippen LogP contribution in [0.25, 0.3) is 0 Å². The van der Waals surface area contributed by atoms with Crippen LogP contribution in [0.15, 0.2) is 30.3 Å². The van der Waals surface area contributed by atoms with E-state index in [9.17, 15) is 9.59 Å². The van der Waals surface area contributed by atoms with Crippen molar-refractivity contribution in [2.75, 3.05) is 7.11 Å². The van der Waals surface area contributed by atoms with Crippen molar-refractivity contribution in [2.24, 2.45) is 11.7 Å². The Hall–Kier alpha value is -1.88. The second-order valence-electron chi connectivity index (χ2n) is 5.10. The van der Waals surface area contributed by atoms with Crippen molar-refractivity contribution < 1.29 is 14.3 Å². The molecule has 1 aromatic carbocycles. The summed E-state index contributed by atoms with van der Waals surface area (Å²) in [6.07, 6.45) is 1.44. The SMILES string of the molecule is CCCC(N)C(=O)NC(c1ccccc1)C(C)C(=O)OC. The summed E-state index contributed by atoms with van der Waals surface area (Å²) in [5.41, 5.74) is 6.69. The molecule has 0 bridgehead atoms. The van der Waals surface area contributed by atoms with Gasteiger partial charge in [-0.2, -0.15) is 0 Å². The zero-order valence-electron chi connectivity index (χ0n) is 12.8. The van der Waals surface area contributed by atoms with Crippen LogP contribution in [0.3, 0.4) is 0 Å². The monoisotopic (exact) mass is 292 g/mol. The van der Waals surface area contributed by atoms with Gasteiger partial charge in [0.2, 0.25) is 5.91 Å². The topological polar surface area (TPSA) is 81.4 Å². The van der Waals surface area contributed by atoms with Gasteiger partial charge >= 0.3 is 5.97 Å². The van der Waals surface area contributed by atoms with E-state index in [1.165, 1.54) is 7.11 Å². The Balaban J connectivity index is 2.93. The Morgan fingerprint density at radius 3 is 2.43 bits per heavy atom. The second kappa shape index (κ2) is 8.42. The summed E-state index contributed by atoms with van der Waals surface area (Å²) < 4.78 is 4.78. The number of hydrogen-bond acceptors (Lipinski definition) is 4. The minimum Gasteiger partial charge on any atom is -0.469 e. The van der Waals surface area contributed by atoms with Gasteiger partial charge < -0.3 is 15.8 Å². The standard InChI is InChI=1S/C16H24N2O3/c1-4-8-13(17)15(19)18-14(11(2)16(20)21-3)12-9-6-5-7-10-12/h5-7,9-11,13-14H,4,8,17H2,1-3H3,(H,18,19). The maximum absolute atomic E-state index is 12.1. The highest BCUT2D eigenvalue weighted by Crippen LogP contribution is 2.23. The van der Waals surface area contributed by atoms with Crippen molar-refractivity contribution in [3.63, 3.8) is 0 Å². The number of amides is 1. The summed E-state index contributed by atoms with van der Waals surface area (Å²) in [7, 11) is 1.34. The number of nitrogens with one attached hydrogen (secondary N) is 1. The van der Waals surface area contributed by atoms with Crippen LogP contribution in [0.4, 0.5) is 0 Å². The largest absolute Gasteiger partial charge is 0.469 e. The average Bonchev–Trinajstić information content (AvgIpc) is 2.51. The molecule has 1 aromatic rings. The van der Waals surface area contributed by atoms with Gasteiger partial charge in [0.1, 0.15) is 0 Å². The second-order valence-corrected chi connectivity index (χ2v) is 5.10. The zero-order valence-corrected chi connectivity index (χ0v) is 12.8. The molecule has 0 aliphatic carbocycles. The molecular weight excluding hydrogens is 268 g/mol. The van der Waals surface area contributed by atoms with E-state index in [1.54, 1.807) is 6.92 Å². The van der Waals surface area contributed by atoms with E-state index < -0.39 is 18.0 Å². The normalized spacial score (nSPS) is 14.9. The van der Waals surface area contributed by atoms with Gasteiger partial charge in [-0.1, -0.05) is 43.7 Å². The number of rotatable bonds is 7. The molecule has 0 spiro atoms. The fourth-order valence-electron chi connectivity index (χ4n) is 2.18. The third-order valence-corrected chi connectivity index (χ3v) is 3.47. The number of methoxy groups -OCH3 is 1. The Morgan fingerprint density at radius 1 is 1.29 bits per heavy atom. The Morgan fingerprint density at radius 2 is 1.90 bits per heavy atom. The highest BCUT2D eigenvalue weighted by atomic mass is 16.5. The molecule has 21 heavy (non-hydrogen) atoms. The van der Waals surface area contributed by atoms with E-state index in [0.29, 0.717) is 6.42 Å². The quantitative estimate of drug-likeness (QED) is 0.751. The van der Waals surface area contributed by atoms with Gasteiger partial charge in [-0.05, 0) is 18.9 Å². The molecule has 116 valence electrons. The third kappa shape index (κ3) is 4.86. The zero-order chi connectivity index (χ0) is 15.8. The lowest BCUT2D eigenvalue weighted by molar-refractivity contribution is -0.146. The molecule has 3 unspecified atom stereocenters. The summed E-state index contributed by atoms with van der Waals surface area (Å²) in [5.74, 6) is -1.11. The van der Waals surface area contributed by atoms with E-state index in [1.807, 2.05) is 37.3 Å². The van der Waals surface area contributed by atoms with Crippen molar-refractivity contribution in [1.82, 2.24) is 5.32 Å². The van der Waals surface area contributed by atoms with Gasteiger partial charge in [-0.3, -0.25) is 9.59 Å². The predicted molar refractivity (Wildman–Crippen MR) is 81.4 cm³/mol. The number of hydrogen-bond donors (Lipinski definition) is 2. The van der Waals surface area contributed by atoms with Gasteiger partial charge in [0, 0.05) is 0 Å². The molecule has 0 fully saturated rings. The lowest BCUT2D eigenvalue weighted by Gasteiger charge is -2.25. The molecule has 0 heterocycles. The molecule has 0 aromatic heterocycles. The molecular formula is C16H24N2O3. The maximum Gasteiger partial charge on any atom is 0.310 e. The van der Waals surface area contributed by atoms with Crippen LogP contribution in [0.5, 0.6) is 0 Å². The number of esters is 1. The first-order valence-electron chi connectivity index (χ1n) is 7.20. The average molecular weight is 292 g/mol. The molecule has 0 aliphatic heterocycles. The summed E-state index contributed by atoms with van der Waals surface area (Å²) in [6.45, 7) is 3.70. The summed E-state index contributed by atoms with van der Waals surface area (Å²) in [4.78, 5) is 23.9. The van der Waals surface area contributed by atoms with E-state index in [0.717, 1.165) is 12.0 Å². The first-order chi connectivity index (χ1) is 10.0. The smallest absolute Gasteiger partial charge is 0.310 e. The molecule has 5 nitrogen and oxygen atoms in total. The minimum absolute atomic E-state index is 0.249. The Labute approximate surface area is 125 Å². The van der Waals surface area contributed by atoms with Crippen LogP contribution >= 0.6 is 0 Å². The molecule has 1 rings (SSSR count). The molecule has 0 aliphatic rings. The fourth-order valence-corrected chi connectivity index (χ4v) is 2.18. The van der Waals surface area contributed by atoms with E-state index >= 15 is 0 Å². The van der Waals surface area contributed by atoms with Gasteiger partial charge in [0.15, 0.2) is 0 Å². The molecule has 0 radical (unpaired) electrons. The Bertz CT molecular complexity index is 462. The van der Waals surface area contributed by atoms with E-state index in [4.69, 9.17) is 10.5 Å². The first-order valence-corrected chi connectivity index (χ1v) is 7.20. The number of benzene rings is 1. The molecule has 3 N–H and O–H groups in total. The van der Waals surface area contributed by atoms with Crippen molar-refractivity contribution in [3.05, 3.63) is 35.9 Å². The number of carbonyl (C=O) groups is 2. The highest BCUT2D eigenvalue weighted by Gasteiger charge is 2.28. The van der Waals surface area contributed by atoms with Crippen LogP contribution in [0, 0.1) is 5.92 Å².